The largest absolute Gasteiger partial charge is 0.371 e. The molecule has 3 nitrogen and oxygen atoms in total. The maximum atomic E-state index is 13.1. The first kappa shape index (κ1) is 13.3. The van der Waals surface area contributed by atoms with Crippen LogP contribution in [0.15, 0.2) is 18.2 Å². The highest BCUT2D eigenvalue weighted by Gasteiger charge is 2.34. The van der Waals surface area contributed by atoms with Crippen LogP contribution in [0, 0.1) is 12.7 Å². The van der Waals surface area contributed by atoms with E-state index < -0.39 is 5.79 Å². The smallest absolute Gasteiger partial charge is 0.170 e. The molecular weight excluding hydrogens is 233 g/mol. The van der Waals surface area contributed by atoms with Gasteiger partial charge in [-0.3, -0.25) is 0 Å². The number of halogens is 1. The van der Waals surface area contributed by atoms with Crippen molar-refractivity contribution in [3.8, 4) is 0 Å². The van der Waals surface area contributed by atoms with Crippen LogP contribution in [0.25, 0.3) is 0 Å². The summed E-state index contributed by atoms with van der Waals surface area (Å²) in [5, 5.41) is 0. The summed E-state index contributed by atoms with van der Waals surface area (Å²) in [7, 11) is 3.37. The van der Waals surface area contributed by atoms with Gasteiger partial charge in [0.1, 0.15) is 5.82 Å². The fraction of sp³-hybridized carbons (Fsp3) is 0.571. The van der Waals surface area contributed by atoms with Gasteiger partial charge in [0.25, 0.3) is 0 Å². The lowest BCUT2D eigenvalue weighted by Gasteiger charge is -2.41. The van der Waals surface area contributed by atoms with Gasteiger partial charge in [0.15, 0.2) is 5.79 Å². The Labute approximate surface area is 107 Å². The number of hydrogen-bond donors (Lipinski definition) is 0. The van der Waals surface area contributed by atoms with E-state index >= 15 is 0 Å². The Bertz CT molecular complexity index is 408. The third-order valence-corrected chi connectivity index (χ3v) is 3.77. The van der Waals surface area contributed by atoms with E-state index in [2.05, 4.69) is 4.90 Å². The van der Waals surface area contributed by atoms with E-state index in [9.17, 15) is 4.39 Å². The minimum absolute atomic E-state index is 0.184. The molecule has 0 atom stereocenters. The van der Waals surface area contributed by atoms with Gasteiger partial charge >= 0.3 is 0 Å². The van der Waals surface area contributed by atoms with E-state index in [1.165, 1.54) is 6.07 Å². The molecule has 1 aliphatic heterocycles. The summed E-state index contributed by atoms with van der Waals surface area (Å²) in [6, 6.07) is 4.93. The fourth-order valence-electron chi connectivity index (χ4n) is 2.55. The van der Waals surface area contributed by atoms with Gasteiger partial charge < -0.3 is 14.4 Å². The third kappa shape index (κ3) is 2.49. The van der Waals surface area contributed by atoms with Crippen molar-refractivity contribution in [2.45, 2.75) is 25.6 Å². The van der Waals surface area contributed by atoms with Gasteiger partial charge in [0, 0.05) is 45.8 Å². The molecular formula is C14H20FNO2. The predicted molar refractivity (Wildman–Crippen MR) is 69.3 cm³/mol. The van der Waals surface area contributed by atoms with Gasteiger partial charge in [0.2, 0.25) is 0 Å². The van der Waals surface area contributed by atoms with Crippen molar-refractivity contribution in [1.82, 2.24) is 0 Å². The highest BCUT2D eigenvalue weighted by atomic mass is 19.1. The van der Waals surface area contributed by atoms with Crippen molar-refractivity contribution >= 4 is 5.69 Å². The first-order valence-electron chi connectivity index (χ1n) is 6.21. The molecule has 1 saturated heterocycles. The van der Waals surface area contributed by atoms with Crippen molar-refractivity contribution in [3.05, 3.63) is 29.6 Å². The molecule has 18 heavy (non-hydrogen) atoms. The topological polar surface area (TPSA) is 21.7 Å². The van der Waals surface area contributed by atoms with Crippen LogP contribution in [0.2, 0.25) is 0 Å². The van der Waals surface area contributed by atoms with Crippen LogP contribution >= 0.6 is 0 Å². The molecule has 4 heteroatoms. The van der Waals surface area contributed by atoms with Gasteiger partial charge in [-0.2, -0.15) is 0 Å². The zero-order valence-electron chi connectivity index (χ0n) is 11.2. The number of methoxy groups -OCH3 is 2. The van der Waals surface area contributed by atoms with E-state index in [-0.39, 0.29) is 5.82 Å². The Hall–Kier alpha value is -1.13. The van der Waals surface area contributed by atoms with E-state index in [1.54, 1.807) is 20.3 Å². The first-order chi connectivity index (χ1) is 8.60. The predicted octanol–water partition coefficient (Wildman–Crippen LogP) is 2.72. The Kier molecular flexibility index (Phi) is 3.88. The second-order valence-corrected chi connectivity index (χ2v) is 4.74. The number of piperidine rings is 1. The molecule has 1 aromatic rings. The minimum Gasteiger partial charge on any atom is -0.371 e. The number of aryl methyl sites for hydroxylation is 1. The molecule has 1 heterocycles. The van der Waals surface area contributed by atoms with E-state index in [0.717, 1.165) is 37.2 Å². The Morgan fingerprint density at radius 1 is 1.17 bits per heavy atom. The Balaban J connectivity index is 2.10. The summed E-state index contributed by atoms with van der Waals surface area (Å²) in [5.41, 5.74) is 2.06. The molecule has 0 N–H and O–H groups in total. The van der Waals surface area contributed by atoms with Crippen molar-refractivity contribution in [1.29, 1.82) is 0 Å². The molecule has 0 saturated carbocycles. The lowest BCUT2D eigenvalue weighted by molar-refractivity contribution is -0.216. The lowest BCUT2D eigenvalue weighted by atomic mass is 10.0. The number of anilines is 1. The molecule has 1 aromatic carbocycles. The third-order valence-electron chi connectivity index (χ3n) is 3.77. The molecule has 0 radical (unpaired) electrons. The molecule has 0 spiro atoms. The molecule has 2 rings (SSSR count). The quantitative estimate of drug-likeness (QED) is 0.773. The number of benzene rings is 1. The maximum Gasteiger partial charge on any atom is 0.170 e. The SMILES string of the molecule is COC1(OC)CCN(c2ccc(F)cc2C)CC1. The zero-order chi connectivity index (χ0) is 13.2. The van der Waals surface area contributed by atoms with Gasteiger partial charge in [-0.25, -0.2) is 4.39 Å². The molecule has 0 aliphatic carbocycles. The maximum absolute atomic E-state index is 13.1. The van der Waals surface area contributed by atoms with Crippen LogP contribution < -0.4 is 4.90 Å². The lowest BCUT2D eigenvalue weighted by Crippen LogP contribution is -2.47. The Morgan fingerprint density at radius 2 is 1.78 bits per heavy atom. The fourth-order valence-corrected chi connectivity index (χ4v) is 2.55. The Morgan fingerprint density at radius 3 is 2.28 bits per heavy atom. The minimum atomic E-state index is -0.454. The zero-order valence-corrected chi connectivity index (χ0v) is 11.2. The summed E-state index contributed by atoms with van der Waals surface area (Å²) in [6.07, 6.45) is 1.63. The van der Waals surface area contributed by atoms with Crippen molar-refractivity contribution < 1.29 is 13.9 Å². The highest BCUT2D eigenvalue weighted by Crippen LogP contribution is 2.30. The first-order valence-corrected chi connectivity index (χ1v) is 6.21. The average Bonchev–Trinajstić information content (AvgIpc) is 2.39. The molecule has 0 unspecified atom stereocenters. The van der Waals surface area contributed by atoms with Crippen molar-refractivity contribution in [2.24, 2.45) is 0 Å². The van der Waals surface area contributed by atoms with Crippen LogP contribution in [0.3, 0.4) is 0 Å². The summed E-state index contributed by atoms with van der Waals surface area (Å²) in [4.78, 5) is 2.26. The van der Waals surface area contributed by atoms with Crippen LogP contribution in [0.5, 0.6) is 0 Å². The van der Waals surface area contributed by atoms with Gasteiger partial charge in [-0.15, -0.1) is 0 Å². The second-order valence-electron chi connectivity index (χ2n) is 4.74. The van der Waals surface area contributed by atoms with Crippen LogP contribution in [-0.2, 0) is 9.47 Å². The summed E-state index contributed by atoms with van der Waals surface area (Å²) in [6.45, 7) is 3.65. The number of rotatable bonds is 3. The van der Waals surface area contributed by atoms with Crippen LogP contribution in [0.4, 0.5) is 10.1 Å². The monoisotopic (exact) mass is 253 g/mol. The molecule has 1 fully saturated rings. The van der Waals surface area contributed by atoms with E-state index in [1.807, 2.05) is 13.0 Å². The highest BCUT2D eigenvalue weighted by molar-refractivity contribution is 5.53. The van der Waals surface area contributed by atoms with E-state index in [4.69, 9.17) is 9.47 Å². The van der Waals surface area contributed by atoms with Crippen molar-refractivity contribution in [3.63, 3.8) is 0 Å². The molecule has 100 valence electrons. The van der Waals surface area contributed by atoms with E-state index in [0.29, 0.717) is 0 Å². The summed E-state index contributed by atoms with van der Waals surface area (Å²) >= 11 is 0. The molecule has 0 bridgehead atoms. The van der Waals surface area contributed by atoms with Crippen molar-refractivity contribution in [2.75, 3.05) is 32.2 Å². The van der Waals surface area contributed by atoms with Crippen LogP contribution in [0.1, 0.15) is 18.4 Å². The molecule has 0 aromatic heterocycles. The normalized spacial score (nSPS) is 19.0. The van der Waals surface area contributed by atoms with Gasteiger partial charge in [-0.05, 0) is 30.7 Å². The van der Waals surface area contributed by atoms with Crippen LogP contribution in [-0.4, -0.2) is 33.1 Å². The number of nitrogens with zero attached hydrogens (tertiary/aromatic N) is 1. The molecule has 0 amide bonds. The second kappa shape index (κ2) is 5.24. The summed E-state index contributed by atoms with van der Waals surface area (Å²) < 4.78 is 24.0. The number of hydrogen-bond acceptors (Lipinski definition) is 3. The standard InChI is InChI=1S/C14H20FNO2/c1-11-10-12(15)4-5-13(11)16-8-6-14(17-2,18-3)7-9-16/h4-5,10H,6-9H2,1-3H3. The van der Waals surface area contributed by atoms with Gasteiger partial charge in [0.05, 0.1) is 0 Å². The average molecular weight is 253 g/mol. The summed E-state index contributed by atoms with van der Waals surface area (Å²) in [5.74, 6) is -0.638. The number of ether oxygens (including phenoxy) is 2. The molecule has 1 aliphatic rings. The van der Waals surface area contributed by atoms with Gasteiger partial charge in [-0.1, -0.05) is 0 Å².